The zero-order valence-corrected chi connectivity index (χ0v) is 76.8. The number of aliphatic hydroxyl groups is 1. The van der Waals surface area contributed by atoms with Crippen molar-refractivity contribution in [3.8, 4) is 5.75 Å². The topological polar surface area (TPSA) is 562 Å². The number of thioether (sulfide) groups is 1. The number of nitrogens with one attached hydrogen (secondary N) is 13. The minimum atomic E-state index is -1.75. The van der Waals surface area contributed by atoms with Crippen LogP contribution in [0.2, 0.25) is 0 Å². The molecule has 132 heavy (non-hydrogen) atoms. The van der Waals surface area contributed by atoms with Gasteiger partial charge >= 0.3 is 0 Å². The highest BCUT2D eigenvalue weighted by atomic mass is 32.2. The van der Waals surface area contributed by atoms with E-state index in [1.165, 1.54) is 91.7 Å². The van der Waals surface area contributed by atoms with E-state index in [9.17, 15) is 53.4 Å². The largest absolute Gasteiger partial charge is 0.508 e. The van der Waals surface area contributed by atoms with Crippen LogP contribution in [-0.4, -0.2) is 292 Å². The second kappa shape index (κ2) is 49.3. The maximum absolute atomic E-state index is 15.8. The van der Waals surface area contributed by atoms with Crippen LogP contribution in [0.4, 0.5) is 0 Å². The van der Waals surface area contributed by atoms with E-state index in [0.717, 1.165) is 21.6 Å². The number of fused-ring (bicyclic) bond motifs is 4. The van der Waals surface area contributed by atoms with Gasteiger partial charge in [0, 0.05) is 105 Å². The molecule has 40 heteroatoms. The maximum Gasteiger partial charge on any atom is 0.246 e. The van der Waals surface area contributed by atoms with Gasteiger partial charge in [0.05, 0.1) is 37.1 Å². The molecule has 0 saturated carbocycles. The van der Waals surface area contributed by atoms with Crippen molar-refractivity contribution in [3.63, 3.8) is 0 Å². The van der Waals surface area contributed by atoms with Gasteiger partial charge < -0.3 is 109 Å². The molecule has 6 heterocycles. The van der Waals surface area contributed by atoms with Crippen LogP contribution in [0.1, 0.15) is 147 Å². The number of aromatic hydroxyl groups is 1. The summed E-state index contributed by atoms with van der Waals surface area (Å²) in [5.74, 6) is -15.1. The summed E-state index contributed by atoms with van der Waals surface area (Å²) >= 11 is 0.799. The zero-order valence-electron chi connectivity index (χ0n) is 76.0. The Morgan fingerprint density at radius 1 is 0.561 bits per heavy atom. The summed E-state index contributed by atoms with van der Waals surface area (Å²) < 4.78 is 0. The van der Waals surface area contributed by atoms with Gasteiger partial charge in [-0.15, -0.1) is 24.9 Å². The lowest BCUT2D eigenvalue weighted by molar-refractivity contribution is -0.147. The number of likely N-dealkylation sites (N-methyl/N-ethyl adjacent to an activating group) is 3. The van der Waals surface area contributed by atoms with Crippen molar-refractivity contribution in [3.05, 3.63) is 145 Å². The van der Waals surface area contributed by atoms with Gasteiger partial charge in [0.15, 0.2) is 0 Å². The van der Waals surface area contributed by atoms with Gasteiger partial charge in [0.2, 0.25) is 94.5 Å². The molecule has 0 aliphatic carbocycles. The number of amides is 16. The Balaban J connectivity index is 1.09. The Morgan fingerprint density at radius 2 is 1.05 bits per heavy atom. The van der Waals surface area contributed by atoms with Crippen LogP contribution in [0, 0.1) is 5.92 Å². The third kappa shape index (κ3) is 28.0. The standard InChI is InChI=1S/C92H127N21O18S/c1-11-15-29-72-85(124)102-64(24-14-4)82(121)108-71(80(119)98-48-77(94)116)49-132-50-78(117)100-68(40-54-33-35-58(114)36-34-54)88(127)109(8)53(7)79(118)105-70(44-76(93)115)91(130)113-38-22-32-74(113)87(126)104-66(43-57-47-95-51-99-57)84(123)106-67(39-52(5)6)90(129)112-37-21-31-73(112)86(125)103-65(41-55-45-96-61-27-19-17-25-59(55)61)83(122)101-63(23-13-3)81(120)107-69(42-56-46-97-62-28-20-18-26-60(56)62)89(128)111(10)75(30-16-12-2)92(131)110(72)9/h13-14,17-20,25-28,33-36,45-47,51-53,63-75,92,96-97,114,131H,3-4,11-12,15-16,21-24,29-32,37-44,48-50H2,1-2,5-10H3,(H2,93,115)(H2,94,116)(H,95,99)(H,98,119)(H,100,117)(H,101,122)(H,102,124)(H,103,125)(H,104,126)(H,105,118)(H,106,123)(H,107,120)(H,108,121)/t53-,63-,64-,65-,66-,67-,68-,69-,70-,71-,72-,73?,74-,75-,92?/m0/s1. The first-order chi connectivity index (χ1) is 63.0. The molecule has 3 aromatic carbocycles. The average molecular weight is 1850 g/mol. The van der Waals surface area contributed by atoms with Crippen molar-refractivity contribution in [1.29, 1.82) is 0 Å². The van der Waals surface area contributed by atoms with Gasteiger partial charge in [-0.25, -0.2) is 4.98 Å². The molecule has 19 N–H and O–H groups in total. The molecule has 3 aliphatic heterocycles. The maximum atomic E-state index is 15.8. The lowest BCUT2D eigenvalue weighted by Crippen LogP contribution is -2.62. The summed E-state index contributed by atoms with van der Waals surface area (Å²) in [6.07, 6.45) is 8.12. The average Bonchev–Trinajstić information content (AvgIpc) is 1.73. The fourth-order valence-electron chi connectivity index (χ4n) is 16.8. The SMILES string of the molecule is C=CC[C@@H]1NC(=O)[C@H](Cc2c[nH]c3ccccc23)NC(=O)C2CCCN2C(=O)[C@H](CC(C)C)NC(=O)[C@H](Cc2cnc[nH]2)NC(=O)[C@@H]2CCCN2C(=O)[C@H](CC(N)=O)NC(=O)[C@H](C)N(C)C(=O)[C@H](Cc2ccc(O)cc2)NC(=O)CSC[C@@H](C(=O)NCC(N)=O)NC(=O)[C@H](CC=C)NC(=O)[C@H](CCCC)N(C)C(O)[C@H](CCCC)N(C)C(=O)[C@H](Cc2c[nH]c3ccccc23)NC1=O. The van der Waals surface area contributed by atoms with E-state index in [-0.39, 0.29) is 102 Å². The van der Waals surface area contributed by atoms with Crippen LogP contribution < -0.4 is 64.6 Å². The van der Waals surface area contributed by atoms with Crippen molar-refractivity contribution in [2.75, 3.05) is 52.3 Å². The fraction of sp³-hybridized carbons (Fsp3) is 0.511. The number of unbranched alkanes of at least 4 members (excludes halogenated alkanes) is 2. The minimum Gasteiger partial charge on any atom is -0.508 e. The molecule has 3 saturated heterocycles. The van der Waals surface area contributed by atoms with Crippen molar-refractivity contribution >= 4 is 128 Å². The molecule has 0 radical (unpaired) electrons. The molecule has 3 fully saturated rings. The number of imidazole rings is 1. The fourth-order valence-corrected chi connectivity index (χ4v) is 17.6. The van der Waals surface area contributed by atoms with E-state index in [0.29, 0.717) is 76.3 Å². The van der Waals surface area contributed by atoms with Gasteiger partial charge in [-0.2, -0.15) is 0 Å². The number of hydrogen-bond acceptors (Lipinski definition) is 21. The number of primary amides is 2. The highest BCUT2D eigenvalue weighted by Gasteiger charge is 2.46. The molecule has 16 amide bonds. The second-order valence-electron chi connectivity index (χ2n) is 34.3. The third-order valence-corrected chi connectivity index (χ3v) is 25.2. The van der Waals surface area contributed by atoms with Crippen LogP contribution in [0.3, 0.4) is 0 Å². The highest BCUT2D eigenvalue weighted by molar-refractivity contribution is 8.00. The van der Waals surface area contributed by atoms with E-state index in [1.807, 2.05) is 70.2 Å². The van der Waals surface area contributed by atoms with Crippen LogP contribution >= 0.6 is 11.8 Å². The first kappa shape index (κ1) is 103. The summed E-state index contributed by atoms with van der Waals surface area (Å²) in [7, 11) is 4.19. The number of para-hydroxylation sites is 2. The van der Waals surface area contributed by atoms with Crippen LogP contribution in [0.15, 0.2) is 123 Å². The smallest absolute Gasteiger partial charge is 0.246 e. The van der Waals surface area contributed by atoms with Gasteiger partial charge in [0.1, 0.15) is 84.5 Å². The minimum absolute atomic E-state index is 0.0192. The van der Waals surface area contributed by atoms with Crippen LogP contribution in [-0.2, 0) is 102 Å². The monoisotopic (exact) mass is 1850 g/mol. The summed E-state index contributed by atoms with van der Waals surface area (Å²) in [6.45, 7) is 15.7. The quantitative estimate of drug-likeness (QED) is 0.0352. The number of hydrogen-bond donors (Lipinski definition) is 17. The molecular formula is C92H127N21O18S. The van der Waals surface area contributed by atoms with Gasteiger partial charge in [-0.05, 0) is 119 Å². The number of carbonyl (C=O) groups excluding carboxylic acids is 16. The lowest BCUT2D eigenvalue weighted by Gasteiger charge is -2.41. The van der Waals surface area contributed by atoms with Crippen molar-refractivity contribution in [2.45, 2.75) is 241 Å². The number of benzene rings is 3. The first-order valence-corrected chi connectivity index (χ1v) is 46.0. The van der Waals surface area contributed by atoms with E-state index in [2.05, 4.69) is 86.3 Å². The molecule has 3 aromatic heterocycles. The highest BCUT2D eigenvalue weighted by Crippen LogP contribution is 2.29. The number of aliphatic hydroxyl groups excluding tert-OH is 1. The van der Waals surface area contributed by atoms with E-state index in [1.54, 1.807) is 18.5 Å². The van der Waals surface area contributed by atoms with Crippen LogP contribution in [0.5, 0.6) is 5.75 Å². The Bertz CT molecular complexity index is 5080. The molecule has 6 aromatic rings. The summed E-state index contributed by atoms with van der Waals surface area (Å²) in [6, 6.07) is 0.346. The Labute approximate surface area is 770 Å². The molecule has 3 aliphatic rings. The van der Waals surface area contributed by atoms with Crippen molar-refractivity contribution in [1.82, 2.24) is 97.6 Å². The number of phenols is 1. The summed E-state index contributed by atoms with van der Waals surface area (Å²) in [4.78, 5) is 254. The number of rotatable bonds is 25. The Kier molecular flexibility index (Phi) is 38.4. The second-order valence-corrected chi connectivity index (χ2v) is 35.4. The van der Waals surface area contributed by atoms with Crippen molar-refractivity contribution in [2.24, 2.45) is 17.4 Å². The first-order valence-electron chi connectivity index (χ1n) is 44.8. The summed E-state index contributed by atoms with van der Waals surface area (Å²) in [5.41, 5.74) is 14.6. The van der Waals surface area contributed by atoms with Crippen LogP contribution in [0.25, 0.3) is 21.8 Å². The number of aromatic nitrogens is 4. The number of nitrogens with zero attached hydrogens (tertiary/aromatic N) is 6. The lowest BCUT2D eigenvalue weighted by atomic mass is 9.99. The van der Waals surface area contributed by atoms with Gasteiger partial charge in [-0.1, -0.05) is 114 Å². The zero-order chi connectivity index (χ0) is 96.2. The number of carbonyl (C=O) groups is 16. The molecule has 39 nitrogen and oxygen atoms in total. The Hall–Kier alpha value is -13.0. The third-order valence-electron chi connectivity index (χ3n) is 24.1. The van der Waals surface area contributed by atoms with E-state index in [4.69, 9.17) is 11.5 Å². The Morgan fingerprint density at radius 3 is 1.60 bits per heavy atom. The molecular weight excluding hydrogens is 1720 g/mol. The van der Waals surface area contributed by atoms with E-state index < -0.39 is 210 Å². The molecule has 2 unspecified atom stereocenters. The normalized spacial score (nSPS) is 25.2. The predicted molar refractivity (Wildman–Crippen MR) is 493 cm³/mol. The molecule has 9 rings (SSSR count). The number of H-pyrrole nitrogens is 3. The van der Waals surface area contributed by atoms with Gasteiger partial charge in [0.25, 0.3) is 0 Å². The molecule has 714 valence electrons. The number of aromatic amines is 3. The molecule has 0 spiro atoms. The number of phenolic OH excluding ortho intramolecular Hbond substituents is 1. The molecule has 15 atom stereocenters. The predicted octanol–water partition coefficient (Wildman–Crippen LogP) is 0.789. The number of nitrogens with two attached hydrogens (primary N) is 2. The van der Waals surface area contributed by atoms with E-state index >= 15 is 33.6 Å². The van der Waals surface area contributed by atoms with Crippen molar-refractivity contribution < 1.29 is 86.9 Å². The molecule has 0 bridgehead atoms. The van der Waals surface area contributed by atoms with Gasteiger partial charge in [-0.3, -0.25) is 81.6 Å². The summed E-state index contributed by atoms with van der Waals surface area (Å²) in [5, 5.41) is 51.8.